The van der Waals surface area contributed by atoms with Crippen molar-refractivity contribution in [2.45, 2.75) is 16.8 Å². The number of nitrogens with zero attached hydrogens (tertiary/aromatic N) is 2. The van der Waals surface area contributed by atoms with Crippen molar-refractivity contribution < 1.29 is 4.42 Å². The van der Waals surface area contributed by atoms with Gasteiger partial charge < -0.3 is 10.2 Å². The first-order chi connectivity index (χ1) is 8.86. The lowest BCUT2D eigenvalue weighted by Gasteiger charge is -2.06. The van der Waals surface area contributed by atoms with Crippen LogP contribution in [-0.4, -0.2) is 9.97 Å². The summed E-state index contributed by atoms with van der Waals surface area (Å²) >= 11 is 1.39. The first kappa shape index (κ1) is 11.3. The van der Waals surface area contributed by atoms with Crippen LogP contribution in [0.3, 0.4) is 0 Å². The molecule has 0 fully saturated rings. The second-order valence-corrected chi connectivity index (χ2v) is 4.71. The number of aromatic nitrogens is 2. The van der Waals surface area contributed by atoms with E-state index in [2.05, 4.69) is 9.97 Å². The normalized spacial score (nSPS) is 10.9. The van der Waals surface area contributed by atoms with E-state index in [1.165, 1.54) is 11.8 Å². The summed E-state index contributed by atoms with van der Waals surface area (Å²) in [4.78, 5) is 8.64. The van der Waals surface area contributed by atoms with E-state index in [0.29, 0.717) is 11.8 Å². The van der Waals surface area contributed by atoms with Gasteiger partial charge in [0, 0.05) is 11.9 Å². The first-order valence-corrected chi connectivity index (χ1v) is 6.34. The fourth-order valence-corrected chi connectivity index (χ4v) is 2.53. The molecule has 5 heteroatoms. The first-order valence-electron chi connectivity index (χ1n) is 5.53. The molecular weight excluding hydrogens is 246 g/mol. The second kappa shape index (κ2) is 4.80. The Labute approximate surface area is 108 Å². The fraction of sp³-hybridized carbons (Fsp3) is 0.0769. The molecule has 18 heavy (non-hydrogen) atoms. The highest BCUT2D eigenvalue weighted by Gasteiger charge is 2.07. The molecule has 2 N–H and O–H groups in total. The summed E-state index contributed by atoms with van der Waals surface area (Å²) in [6, 6.07) is 9.95. The van der Waals surface area contributed by atoms with Crippen LogP contribution in [0.4, 0.5) is 0 Å². The molecule has 2 aromatic heterocycles. The van der Waals surface area contributed by atoms with Gasteiger partial charge in [0.2, 0.25) is 0 Å². The van der Waals surface area contributed by atoms with Gasteiger partial charge in [0.25, 0.3) is 5.22 Å². The Bertz CT molecular complexity index is 667. The second-order valence-electron chi connectivity index (χ2n) is 3.74. The highest BCUT2D eigenvalue weighted by Crippen LogP contribution is 2.28. The van der Waals surface area contributed by atoms with Crippen LogP contribution >= 0.6 is 11.8 Å². The largest absolute Gasteiger partial charge is 0.440 e. The number of benzene rings is 1. The average Bonchev–Trinajstić information content (AvgIpc) is 2.90. The molecule has 0 unspecified atom stereocenters. The zero-order valence-corrected chi connectivity index (χ0v) is 10.4. The quantitative estimate of drug-likeness (QED) is 0.781. The van der Waals surface area contributed by atoms with Gasteiger partial charge in [0.15, 0.2) is 0 Å². The van der Waals surface area contributed by atoms with Crippen molar-refractivity contribution in [3.05, 3.63) is 48.4 Å². The molecule has 3 aromatic rings. The summed E-state index contributed by atoms with van der Waals surface area (Å²) in [5, 5.41) is 2.52. The van der Waals surface area contributed by atoms with E-state index in [1.807, 2.05) is 30.3 Å². The van der Waals surface area contributed by atoms with Gasteiger partial charge in [-0.05, 0) is 29.5 Å². The lowest BCUT2D eigenvalue weighted by atomic mass is 10.1. The maximum absolute atomic E-state index is 5.78. The van der Waals surface area contributed by atoms with E-state index in [0.717, 1.165) is 21.5 Å². The predicted molar refractivity (Wildman–Crippen MR) is 70.3 cm³/mol. The summed E-state index contributed by atoms with van der Waals surface area (Å²) in [5.41, 5.74) is 7.80. The van der Waals surface area contributed by atoms with Crippen molar-refractivity contribution >= 4 is 22.7 Å². The number of para-hydroxylation sites is 1. The molecule has 0 saturated heterocycles. The van der Waals surface area contributed by atoms with Crippen LogP contribution in [-0.2, 0) is 6.54 Å². The van der Waals surface area contributed by atoms with Gasteiger partial charge >= 0.3 is 0 Å². The Morgan fingerprint density at radius 3 is 2.94 bits per heavy atom. The SMILES string of the molecule is NCc1cc(Sc2ncco2)nc2ccccc12. The number of rotatable bonds is 3. The van der Waals surface area contributed by atoms with Gasteiger partial charge in [-0.3, -0.25) is 0 Å². The maximum atomic E-state index is 5.78. The van der Waals surface area contributed by atoms with Crippen molar-refractivity contribution in [1.29, 1.82) is 0 Å². The molecule has 90 valence electrons. The topological polar surface area (TPSA) is 64.9 Å². The van der Waals surface area contributed by atoms with Crippen molar-refractivity contribution in [3.63, 3.8) is 0 Å². The average molecular weight is 257 g/mol. The number of fused-ring (bicyclic) bond motifs is 1. The van der Waals surface area contributed by atoms with Crippen LogP contribution in [0.5, 0.6) is 0 Å². The standard InChI is InChI=1S/C13H11N3OS/c14-8-9-7-12(18-13-15-5-6-17-13)16-11-4-2-1-3-10(9)11/h1-7H,8,14H2. The smallest absolute Gasteiger partial charge is 0.261 e. The van der Waals surface area contributed by atoms with Gasteiger partial charge in [0.1, 0.15) is 11.3 Å². The molecule has 2 heterocycles. The third kappa shape index (κ3) is 2.10. The Hall–Kier alpha value is -1.85. The highest BCUT2D eigenvalue weighted by atomic mass is 32.2. The van der Waals surface area contributed by atoms with Crippen molar-refractivity contribution in [2.75, 3.05) is 0 Å². The Kier molecular flexibility index (Phi) is 3.00. The maximum Gasteiger partial charge on any atom is 0.261 e. The lowest BCUT2D eigenvalue weighted by Crippen LogP contribution is -1.99. The Morgan fingerprint density at radius 1 is 1.28 bits per heavy atom. The van der Waals surface area contributed by atoms with Gasteiger partial charge in [-0.15, -0.1) is 0 Å². The van der Waals surface area contributed by atoms with Crippen LogP contribution < -0.4 is 5.73 Å². The molecule has 0 spiro atoms. The Balaban J connectivity index is 2.08. The summed E-state index contributed by atoms with van der Waals surface area (Å²) in [7, 11) is 0. The van der Waals surface area contributed by atoms with Gasteiger partial charge in [0.05, 0.1) is 11.7 Å². The van der Waals surface area contributed by atoms with E-state index in [4.69, 9.17) is 10.2 Å². The van der Waals surface area contributed by atoms with E-state index < -0.39 is 0 Å². The minimum atomic E-state index is 0.488. The minimum Gasteiger partial charge on any atom is -0.440 e. The van der Waals surface area contributed by atoms with Crippen LogP contribution in [0.15, 0.2) is 57.5 Å². The van der Waals surface area contributed by atoms with Crippen LogP contribution in [0, 0.1) is 0 Å². The molecule has 1 aromatic carbocycles. The van der Waals surface area contributed by atoms with Crippen LogP contribution in [0.1, 0.15) is 5.56 Å². The van der Waals surface area contributed by atoms with Crippen LogP contribution in [0.2, 0.25) is 0 Å². The molecule has 0 saturated carbocycles. The molecule has 0 aliphatic carbocycles. The van der Waals surface area contributed by atoms with E-state index in [9.17, 15) is 0 Å². The molecule has 0 amide bonds. The molecule has 3 rings (SSSR count). The molecule has 0 bridgehead atoms. The summed E-state index contributed by atoms with van der Waals surface area (Å²) < 4.78 is 5.20. The molecular formula is C13H11N3OS. The molecule has 0 aliphatic heterocycles. The predicted octanol–water partition coefficient (Wildman–Crippen LogP) is 2.83. The monoisotopic (exact) mass is 257 g/mol. The van der Waals surface area contributed by atoms with E-state index in [-0.39, 0.29) is 0 Å². The van der Waals surface area contributed by atoms with E-state index in [1.54, 1.807) is 12.5 Å². The van der Waals surface area contributed by atoms with Gasteiger partial charge in [-0.1, -0.05) is 18.2 Å². The van der Waals surface area contributed by atoms with Crippen molar-refractivity contribution in [1.82, 2.24) is 9.97 Å². The minimum absolute atomic E-state index is 0.488. The van der Waals surface area contributed by atoms with Crippen molar-refractivity contribution in [2.24, 2.45) is 5.73 Å². The zero-order valence-electron chi connectivity index (χ0n) is 9.54. The lowest BCUT2D eigenvalue weighted by molar-refractivity contribution is 0.454. The highest BCUT2D eigenvalue weighted by molar-refractivity contribution is 7.99. The number of nitrogens with two attached hydrogens (primary N) is 1. The van der Waals surface area contributed by atoms with E-state index >= 15 is 0 Å². The third-order valence-corrected chi connectivity index (χ3v) is 3.39. The molecule has 0 aliphatic rings. The third-order valence-electron chi connectivity index (χ3n) is 2.60. The number of hydrogen-bond donors (Lipinski definition) is 1. The fourth-order valence-electron chi connectivity index (χ4n) is 1.79. The van der Waals surface area contributed by atoms with Crippen molar-refractivity contribution in [3.8, 4) is 0 Å². The number of hydrogen-bond acceptors (Lipinski definition) is 5. The summed E-state index contributed by atoms with van der Waals surface area (Å²) in [6.45, 7) is 0.488. The van der Waals surface area contributed by atoms with Crippen LogP contribution in [0.25, 0.3) is 10.9 Å². The van der Waals surface area contributed by atoms with Gasteiger partial charge in [-0.25, -0.2) is 9.97 Å². The summed E-state index contributed by atoms with van der Waals surface area (Å²) in [6.07, 6.45) is 3.17. The molecule has 0 atom stereocenters. The Morgan fingerprint density at radius 2 is 2.17 bits per heavy atom. The number of pyridine rings is 1. The molecule has 0 radical (unpaired) electrons. The molecule has 4 nitrogen and oxygen atoms in total. The summed E-state index contributed by atoms with van der Waals surface area (Å²) in [5.74, 6) is 0. The zero-order chi connectivity index (χ0) is 12.4. The van der Waals surface area contributed by atoms with Gasteiger partial charge in [-0.2, -0.15) is 0 Å². The number of oxazole rings is 1.